The lowest BCUT2D eigenvalue weighted by Crippen LogP contribution is -2.63. The second kappa shape index (κ2) is 39.1. The number of aromatic nitrogens is 2. The third kappa shape index (κ3) is 23.8. The number of benzene rings is 2. The minimum Gasteiger partial charge on any atom is -0.495 e. The van der Waals surface area contributed by atoms with Crippen molar-refractivity contribution in [2.45, 2.75) is 173 Å². The van der Waals surface area contributed by atoms with Gasteiger partial charge < -0.3 is 79.2 Å². The third-order valence-corrected chi connectivity index (χ3v) is 18.0. The number of hydrazine groups is 1. The summed E-state index contributed by atoms with van der Waals surface area (Å²) >= 11 is 6.82. The molecule has 1 aromatic heterocycles. The SMILES string of the molecule is CCc1nc2ccc(C(=O)NCCOCCOCCOCCOCCC(=O)N[C@@H](CC(N)=O)C(=O)N[C@@H](C)C(=O)NNC(=O)CCCCC(=O)N(C)[C@@H](C)C(=O)O[C@H]3CC(=O)N(C)c4cc(cc(OC)c4Cl)C/C(C)=C/C=C/[C@@H](OC)[C@@]4(O)C[C@H](OC(=O)N4)[C@@H](C)[C@@H]4O[C@@]34C)cc2nc1CC. The van der Waals surface area contributed by atoms with Gasteiger partial charge in [0, 0.05) is 64.9 Å². The van der Waals surface area contributed by atoms with Gasteiger partial charge in [-0.1, -0.05) is 56.2 Å². The minimum atomic E-state index is -1.91. The van der Waals surface area contributed by atoms with Crippen LogP contribution in [0.25, 0.3) is 11.0 Å². The molecule has 3 aromatic rings. The van der Waals surface area contributed by atoms with E-state index in [0.29, 0.717) is 48.7 Å². The highest BCUT2D eigenvalue weighted by atomic mass is 35.5. The van der Waals surface area contributed by atoms with Gasteiger partial charge >= 0.3 is 12.1 Å². The highest BCUT2D eigenvalue weighted by Gasteiger charge is 2.64. The van der Waals surface area contributed by atoms with Crippen LogP contribution in [0.1, 0.15) is 127 Å². The molecular formula is C69H98ClN11O20. The van der Waals surface area contributed by atoms with E-state index in [-0.39, 0.29) is 89.1 Å². The van der Waals surface area contributed by atoms with Gasteiger partial charge in [0.1, 0.15) is 52.8 Å². The van der Waals surface area contributed by atoms with E-state index >= 15 is 0 Å². The van der Waals surface area contributed by atoms with Crippen LogP contribution in [0.4, 0.5) is 10.5 Å². The van der Waals surface area contributed by atoms with Crippen LogP contribution in [-0.2, 0) is 95.5 Å². The second-order valence-corrected chi connectivity index (χ2v) is 25.5. The van der Waals surface area contributed by atoms with Crippen LogP contribution in [0.15, 0.2) is 54.1 Å². The maximum absolute atomic E-state index is 14.4. The fraction of sp³-hybridized carbons (Fsp3) is 0.594. The number of nitrogens with zero attached hydrogens (tertiary/aromatic N) is 4. The average molecular weight is 1440 g/mol. The summed E-state index contributed by atoms with van der Waals surface area (Å²) < 4.78 is 51.4. The summed E-state index contributed by atoms with van der Waals surface area (Å²) in [5, 5.41) is 22.2. The number of esters is 1. The van der Waals surface area contributed by atoms with Crippen LogP contribution in [0.5, 0.6) is 5.75 Å². The topological polar surface area (TPSA) is 408 Å². The van der Waals surface area contributed by atoms with Crippen molar-refractivity contribution in [1.82, 2.24) is 47.0 Å². The predicted molar refractivity (Wildman–Crippen MR) is 368 cm³/mol. The Balaban J connectivity index is 0.867. The number of aliphatic hydroxyl groups is 1. The van der Waals surface area contributed by atoms with Crippen LogP contribution >= 0.6 is 11.6 Å². The summed E-state index contributed by atoms with van der Waals surface area (Å²) in [6.45, 7) is 14.1. The van der Waals surface area contributed by atoms with Crippen molar-refractivity contribution >= 4 is 87.6 Å². The van der Waals surface area contributed by atoms with Gasteiger partial charge in [0.05, 0.1) is 107 Å². The molecule has 6 rings (SSSR count). The lowest BCUT2D eigenvalue weighted by Gasteiger charge is -2.42. The number of amides is 9. The molecule has 2 saturated heterocycles. The van der Waals surface area contributed by atoms with Gasteiger partial charge in [-0.15, -0.1) is 0 Å². The Labute approximate surface area is 592 Å². The van der Waals surface area contributed by atoms with Crippen LogP contribution in [0.3, 0.4) is 0 Å². The molecule has 556 valence electrons. The molecule has 2 fully saturated rings. The van der Waals surface area contributed by atoms with Crippen molar-refractivity contribution in [2.24, 2.45) is 11.7 Å². The van der Waals surface area contributed by atoms with Gasteiger partial charge in [-0.05, 0) is 95.7 Å². The lowest BCUT2D eigenvalue weighted by atomic mass is 9.83. The average Bonchev–Trinajstić information content (AvgIpc) is 1.57. The Morgan fingerprint density at radius 2 is 1.50 bits per heavy atom. The number of methoxy groups -OCH3 is 2. The maximum Gasteiger partial charge on any atom is 0.409 e. The number of nitrogens with one attached hydrogen (secondary N) is 6. The number of carbonyl (C=O) groups is 10. The maximum atomic E-state index is 14.4. The van der Waals surface area contributed by atoms with E-state index in [2.05, 4.69) is 37.1 Å². The van der Waals surface area contributed by atoms with Crippen molar-refractivity contribution < 1.29 is 95.7 Å². The highest BCUT2D eigenvalue weighted by molar-refractivity contribution is 6.35. The number of alkyl carbamates (subject to hydrolysis) is 1. The zero-order chi connectivity index (χ0) is 74.1. The highest BCUT2D eigenvalue weighted by Crippen LogP contribution is 2.49. The number of hydrogen-bond donors (Lipinski definition) is 8. The summed E-state index contributed by atoms with van der Waals surface area (Å²) in [5.74, 6) is -6.39. The van der Waals surface area contributed by atoms with Crippen molar-refractivity contribution in [1.29, 1.82) is 0 Å². The van der Waals surface area contributed by atoms with Gasteiger partial charge in [0.15, 0.2) is 5.72 Å². The smallest absolute Gasteiger partial charge is 0.409 e. The number of fused-ring (bicyclic) bond motifs is 6. The Morgan fingerprint density at radius 1 is 0.851 bits per heavy atom. The first-order chi connectivity index (χ1) is 48.1. The van der Waals surface area contributed by atoms with Crippen molar-refractivity contribution in [3.05, 3.63) is 81.7 Å². The van der Waals surface area contributed by atoms with Gasteiger partial charge in [-0.25, -0.2) is 19.6 Å². The number of hydrogen-bond acceptors (Lipinski definition) is 22. The van der Waals surface area contributed by atoms with E-state index in [0.717, 1.165) is 40.9 Å². The molecule has 31 nitrogen and oxygen atoms in total. The molecule has 4 bridgehead atoms. The molecule has 3 aliphatic rings. The normalized spacial score (nSPS) is 22.3. The molecule has 0 spiro atoms. The molecule has 32 heteroatoms. The predicted octanol–water partition coefficient (Wildman–Crippen LogP) is 3.04. The standard InChI is InChI=1S/C69H98ClN11O20/c1-12-46-47(13-2)75-49-36-45(21-22-48(49)74-46)64(88)72-24-26-96-28-30-98-32-31-97-29-27-95-25-23-57(83)76-50(37-56(71)82)65(89)73-42(5)63(87)79-78-58(84)19-14-15-20-59(85)80(8)43(6)66(90)100-55-38-60(86)81(9)51-34-44(35-52(93-10)61(51)70)33-40(3)17-16-18-54(94-11)69(92)39-53(99-67(91)77-69)41(4)62-68(55,7)101-62/h16-18,21-22,34-36,41-43,50,53-55,62,92H,12-15,19-20,23-33,37-39H2,1-11H3,(H2,71,82)(H,72,88)(H,73,89)(H,76,83)(H,77,91)(H,78,84)(H,79,87)/b18-16+,40-17+/t41-,42+,43+,50+,53+,54-,55+,62+,68+,69+/m1/s1. The third-order valence-electron chi connectivity index (χ3n) is 17.6. The van der Waals surface area contributed by atoms with Crippen molar-refractivity contribution in [3.63, 3.8) is 0 Å². The van der Waals surface area contributed by atoms with Gasteiger partial charge in [-0.2, -0.15) is 0 Å². The molecule has 0 saturated carbocycles. The van der Waals surface area contributed by atoms with Crippen molar-refractivity contribution in [2.75, 3.05) is 92.6 Å². The number of primary amides is 1. The van der Waals surface area contributed by atoms with E-state index in [9.17, 15) is 53.1 Å². The van der Waals surface area contributed by atoms with Crippen LogP contribution in [0.2, 0.25) is 5.02 Å². The monoisotopic (exact) mass is 1440 g/mol. The zero-order valence-electron chi connectivity index (χ0n) is 59.3. The molecule has 10 atom stereocenters. The molecule has 0 radical (unpaired) electrons. The number of unbranched alkanes of at least 4 members (excludes halogenated alkanes) is 1. The van der Waals surface area contributed by atoms with Gasteiger partial charge in [0.2, 0.25) is 35.4 Å². The Morgan fingerprint density at radius 3 is 2.14 bits per heavy atom. The fourth-order valence-electron chi connectivity index (χ4n) is 11.4. The largest absolute Gasteiger partial charge is 0.495 e. The number of epoxide rings is 1. The second-order valence-electron chi connectivity index (χ2n) is 25.2. The number of anilines is 1. The molecule has 2 aromatic carbocycles. The van der Waals surface area contributed by atoms with E-state index in [4.69, 9.17) is 65.0 Å². The van der Waals surface area contributed by atoms with Gasteiger partial charge in [0.25, 0.3) is 11.8 Å². The van der Waals surface area contributed by atoms with Gasteiger partial charge in [-0.3, -0.25) is 54.5 Å². The summed E-state index contributed by atoms with van der Waals surface area (Å²) in [5.41, 5.74) is 12.3. The Bertz CT molecular complexity index is 3490. The number of halogens is 1. The van der Waals surface area contributed by atoms with Crippen LogP contribution in [-0.4, -0.2) is 221 Å². The van der Waals surface area contributed by atoms with Crippen LogP contribution < -0.4 is 47.5 Å². The number of likely N-dealkylation sites (N-methyl/N-ethyl adjacent to an activating group) is 1. The molecule has 4 heterocycles. The molecule has 9 amide bonds. The molecule has 101 heavy (non-hydrogen) atoms. The number of allylic oxidation sites excluding steroid dienone is 3. The van der Waals surface area contributed by atoms with Crippen molar-refractivity contribution in [3.8, 4) is 5.75 Å². The Hall–Kier alpha value is -8.43. The number of rotatable bonds is 34. The molecule has 0 unspecified atom stereocenters. The lowest BCUT2D eigenvalue weighted by molar-refractivity contribution is -0.162. The summed E-state index contributed by atoms with van der Waals surface area (Å²) in [6.07, 6.45) is 0.904. The minimum absolute atomic E-state index is 0.0506. The summed E-state index contributed by atoms with van der Waals surface area (Å²) in [6, 6.07) is 4.85. The van der Waals surface area contributed by atoms with E-state index in [1.165, 1.54) is 52.0 Å². The molecule has 0 aliphatic carbocycles. The Kier molecular flexibility index (Phi) is 31.6. The first-order valence-electron chi connectivity index (χ1n) is 33.8. The fourth-order valence-corrected chi connectivity index (χ4v) is 11.7. The quantitative estimate of drug-likeness (QED) is 0.0184. The van der Waals surface area contributed by atoms with Crippen LogP contribution in [0, 0.1) is 5.92 Å². The summed E-state index contributed by atoms with van der Waals surface area (Å²) in [4.78, 5) is 143. The molecule has 9 N–H and O–H groups in total. The van der Waals surface area contributed by atoms with E-state index < -0.39 is 126 Å². The number of carbonyl (C=O) groups excluding carboxylic acids is 10. The first kappa shape index (κ1) is 81.5. The molecular weight excluding hydrogens is 1340 g/mol. The number of nitrogens with two attached hydrogens (primary N) is 1. The molecule has 3 aliphatic heterocycles. The summed E-state index contributed by atoms with van der Waals surface area (Å²) in [7, 11) is 5.76. The number of ether oxygens (including phenoxy) is 9. The van der Waals surface area contributed by atoms with E-state index in [1.54, 1.807) is 56.3 Å². The van der Waals surface area contributed by atoms with E-state index in [1.807, 2.05) is 26.8 Å². The first-order valence-corrected chi connectivity index (χ1v) is 34.1. The zero-order valence-corrected chi connectivity index (χ0v) is 60.1. The number of aryl methyl sites for hydroxylation is 2.